The van der Waals surface area contributed by atoms with E-state index in [9.17, 15) is 13.2 Å². The lowest BCUT2D eigenvalue weighted by Crippen LogP contribution is -2.32. The minimum atomic E-state index is -3.77. The molecule has 1 aliphatic heterocycles. The van der Waals surface area contributed by atoms with E-state index in [0.717, 1.165) is 37.1 Å². The summed E-state index contributed by atoms with van der Waals surface area (Å²) in [5, 5.41) is 2.95. The Hall–Kier alpha value is -2.68. The number of carbonyl (C=O) groups excluding carboxylic acids is 1. The van der Waals surface area contributed by atoms with Crippen molar-refractivity contribution in [2.24, 2.45) is 0 Å². The summed E-state index contributed by atoms with van der Waals surface area (Å²) in [5.74, 6) is 0.540. The third-order valence-electron chi connectivity index (χ3n) is 5.86. The summed E-state index contributed by atoms with van der Waals surface area (Å²) in [6, 6.07) is 11.9. The molecule has 0 spiro atoms. The van der Waals surface area contributed by atoms with Crippen molar-refractivity contribution < 1.29 is 13.2 Å². The van der Waals surface area contributed by atoms with Gasteiger partial charge in [0.2, 0.25) is 10.0 Å². The van der Waals surface area contributed by atoms with Crippen molar-refractivity contribution in [1.29, 1.82) is 0 Å². The van der Waals surface area contributed by atoms with Gasteiger partial charge in [-0.1, -0.05) is 36.6 Å². The third-order valence-corrected chi connectivity index (χ3v) is 8.24. The molecule has 4 rings (SSSR count). The highest BCUT2D eigenvalue weighted by atomic mass is 35.5. The first kappa shape index (κ1) is 23.5. The highest BCUT2D eigenvalue weighted by Crippen LogP contribution is 2.28. The fourth-order valence-corrected chi connectivity index (χ4v) is 5.95. The van der Waals surface area contributed by atoms with E-state index in [1.54, 1.807) is 6.20 Å². The molecule has 2 aromatic carbocycles. The number of hydrogen-bond donors (Lipinski definition) is 1. The molecule has 33 heavy (non-hydrogen) atoms. The normalized spacial score (nSPS) is 15.2. The van der Waals surface area contributed by atoms with Crippen molar-refractivity contribution in [1.82, 2.24) is 13.9 Å². The van der Waals surface area contributed by atoms with E-state index in [-0.39, 0.29) is 15.5 Å². The number of benzene rings is 2. The number of carbonyl (C=O) groups is 1. The van der Waals surface area contributed by atoms with Crippen LogP contribution in [0.5, 0.6) is 0 Å². The molecule has 1 aliphatic rings. The number of amides is 1. The fourth-order valence-electron chi connectivity index (χ4n) is 3.93. The van der Waals surface area contributed by atoms with Crippen LogP contribution in [0.25, 0.3) is 0 Å². The minimum Gasteiger partial charge on any atom is -0.331 e. The van der Waals surface area contributed by atoms with E-state index in [1.807, 2.05) is 42.0 Å². The molecular weight excluding hydrogens is 460 g/mol. The molecule has 0 aliphatic carbocycles. The summed E-state index contributed by atoms with van der Waals surface area (Å²) >= 11 is 6.25. The van der Waals surface area contributed by atoms with Crippen LogP contribution in [-0.4, -0.2) is 41.3 Å². The van der Waals surface area contributed by atoms with E-state index in [4.69, 9.17) is 11.6 Å². The van der Waals surface area contributed by atoms with E-state index in [0.29, 0.717) is 25.3 Å². The zero-order chi connectivity index (χ0) is 23.4. The molecular formula is C24H27ClN4O3S. The molecule has 0 bridgehead atoms. The summed E-state index contributed by atoms with van der Waals surface area (Å²) in [5.41, 5.74) is 1.94. The molecule has 1 N–H and O–H groups in total. The Morgan fingerprint density at radius 1 is 1.06 bits per heavy atom. The highest BCUT2D eigenvalue weighted by Gasteiger charge is 2.28. The van der Waals surface area contributed by atoms with Crippen molar-refractivity contribution in [3.63, 3.8) is 0 Å². The lowest BCUT2D eigenvalue weighted by molar-refractivity contribution is 0.102. The maximum absolute atomic E-state index is 13.2. The van der Waals surface area contributed by atoms with Crippen LogP contribution >= 0.6 is 11.6 Å². The number of sulfonamides is 1. The lowest BCUT2D eigenvalue weighted by atomic mass is 10.1. The molecule has 7 nitrogen and oxygen atoms in total. The smallest absolute Gasteiger partial charge is 0.255 e. The first-order chi connectivity index (χ1) is 15.8. The van der Waals surface area contributed by atoms with Crippen LogP contribution in [0.15, 0.2) is 59.8 Å². The third kappa shape index (κ3) is 5.46. The maximum Gasteiger partial charge on any atom is 0.255 e. The molecule has 0 radical (unpaired) electrons. The number of nitrogens with one attached hydrogen (secondary N) is 1. The zero-order valence-corrected chi connectivity index (χ0v) is 20.1. The fraction of sp³-hybridized carbons (Fsp3) is 0.333. The van der Waals surface area contributed by atoms with Crippen LogP contribution in [0.3, 0.4) is 0 Å². The van der Waals surface area contributed by atoms with Crippen LogP contribution in [0.2, 0.25) is 5.02 Å². The number of halogens is 1. The predicted octanol–water partition coefficient (Wildman–Crippen LogP) is 4.71. The van der Waals surface area contributed by atoms with Gasteiger partial charge in [0.15, 0.2) is 0 Å². The quantitative estimate of drug-likeness (QED) is 0.546. The Morgan fingerprint density at radius 3 is 2.39 bits per heavy atom. The van der Waals surface area contributed by atoms with Crippen molar-refractivity contribution in [3.8, 4) is 0 Å². The van der Waals surface area contributed by atoms with Crippen LogP contribution in [0.1, 0.15) is 47.4 Å². The van der Waals surface area contributed by atoms with Crippen LogP contribution in [-0.2, 0) is 16.6 Å². The molecule has 1 fully saturated rings. The number of rotatable bonds is 6. The minimum absolute atomic E-state index is 0.0234. The predicted molar refractivity (Wildman–Crippen MR) is 129 cm³/mol. The molecule has 0 unspecified atom stereocenters. The maximum atomic E-state index is 13.2. The second-order valence-corrected chi connectivity index (χ2v) is 10.5. The van der Waals surface area contributed by atoms with Gasteiger partial charge in [-0.05, 0) is 55.7 Å². The number of nitrogens with zero attached hydrogens (tertiary/aromatic N) is 3. The molecule has 0 saturated carbocycles. The molecule has 1 amide bonds. The van der Waals surface area contributed by atoms with Gasteiger partial charge < -0.3 is 9.88 Å². The number of imidazole rings is 1. The van der Waals surface area contributed by atoms with Crippen LogP contribution in [0.4, 0.5) is 5.69 Å². The Bertz CT molecular complexity index is 1230. The van der Waals surface area contributed by atoms with Gasteiger partial charge in [-0.2, -0.15) is 4.31 Å². The summed E-state index contributed by atoms with van der Waals surface area (Å²) < 4.78 is 29.9. The van der Waals surface area contributed by atoms with Crippen LogP contribution in [0, 0.1) is 6.92 Å². The number of hydrogen-bond acceptors (Lipinski definition) is 4. The molecule has 0 atom stereocenters. The molecule has 3 aromatic rings. The Morgan fingerprint density at radius 2 is 1.76 bits per heavy atom. The van der Waals surface area contributed by atoms with Crippen molar-refractivity contribution >= 4 is 33.2 Å². The van der Waals surface area contributed by atoms with Gasteiger partial charge in [-0.25, -0.2) is 13.4 Å². The molecule has 1 saturated heterocycles. The molecule has 174 valence electrons. The monoisotopic (exact) mass is 486 g/mol. The average molecular weight is 487 g/mol. The number of aryl methyl sites for hydroxylation is 1. The van der Waals surface area contributed by atoms with Gasteiger partial charge in [-0.3, -0.25) is 4.79 Å². The summed E-state index contributed by atoms with van der Waals surface area (Å²) in [7, 11) is -3.77. The molecule has 1 aromatic heterocycles. The van der Waals surface area contributed by atoms with Gasteiger partial charge in [0.05, 0.1) is 5.02 Å². The Balaban J connectivity index is 1.49. The summed E-state index contributed by atoms with van der Waals surface area (Å²) in [4.78, 5) is 17.0. The van der Waals surface area contributed by atoms with Crippen molar-refractivity contribution in [2.45, 2.75) is 44.0 Å². The zero-order valence-electron chi connectivity index (χ0n) is 18.5. The van der Waals surface area contributed by atoms with Gasteiger partial charge in [0.1, 0.15) is 10.7 Å². The van der Waals surface area contributed by atoms with E-state index in [1.165, 1.54) is 22.5 Å². The lowest BCUT2D eigenvalue weighted by Gasteiger charge is -2.21. The first-order valence-corrected chi connectivity index (χ1v) is 12.8. The summed E-state index contributed by atoms with van der Waals surface area (Å²) in [6.45, 7) is 3.58. The number of aromatic nitrogens is 2. The standard InChI is InChI=1S/C24H27ClN4O3S/c1-18-26-12-15-28(18)17-19-6-9-21(10-7-19)27-24(30)20-8-11-22(25)23(16-20)33(31,32)29-13-4-2-3-5-14-29/h6-12,15-16H,2-5,13-14,17H2,1H3,(H,27,30). The second-order valence-electron chi connectivity index (χ2n) is 8.22. The van der Waals surface area contributed by atoms with Gasteiger partial charge in [0, 0.05) is 43.3 Å². The van der Waals surface area contributed by atoms with E-state index in [2.05, 4.69) is 10.3 Å². The van der Waals surface area contributed by atoms with Gasteiger partial charge in [-0.15, -0.1) is 0 Å². The van der Waals surface area contributed by atoms with Gasteiger partial charge in [0.25, 0.3) is 5.91 Å². The van der Waals surface area contributed by atoms with Crippen molar-refractivity contribution in [2.75, 3.05) is 18.4 Å². The van der Waals surface area contributed by atoms with Gasteiger partial charge >= 0.3 is 0 Å². The second kappa shape index (κ2) is 10.1. The molecule has 2 heterocycles. The Kier molecular flexibility index (Phi) is 7.17. The van der Waals surface area contributed by atoms with E-state index >= 15 is 0 Å². The largest absolute Gasteiger partial charge is 0.331 e. The van der Waals surface area contributed by atoms with Crippen molar-refractivity contribution in [3.05, 3.63) is 76.8 Å². The molecule has 9 heteroatoms. The highest BCUT2D eigenvalue weighted by molar-refractivity contribution is 7.89. The van der Waals surface area contributed by atoms with Crippen LogP contribution < -0.4 is 5.32 Å². The average Bonchev–Trinajstić information content (AvgIpc) is 3.02. The first-order valence-electron chi connectivity index (χ1n) is 11.0. The number of anilines is 1. The van der Waals surface area contributed by atoms with E-state index < -0.39 is 15.9 Å². The topological polar surface area (TPSA) is 84.3 Å². The Labute approximate surface area is 199 Å². The SMILES string of the molecule is Cc1nccn1Cc1ccc(NC(=O)c2ccc(Cl)c(S(=O)(=O)N3CCCCCC3)c2)cc1. The summed E-state index contributed by atoms with van der Waals surface area (Å²) in [6.07, 6.45) is 7.37.